The van der Waals surface area contributed by atoms with Gasteiger partial charge in [0, 0.05) is 12.7 Å². The Balaban J connectivity index is 1.47. The van der Waals surface area contributed by atoms with E-state index in [1.165, 1.54) is 12.3 Å². The number of nitrogens with one attached hydrogen (secondary N) is 1. The van der Waals surface area contributed by atoms with Crippen LogP contribution < -0.4 is 19.7 Å². The van der Waals surface area contributed by atoms with Gasteiger partial charge in [-0.05, 0) is 44.0 Å². The van der Waals surface area contributed by atoms with Gasteiger partial charge in [0.25, 0.3) is 0 Å². The molecule has 166 valence electrons. The molecule has 0 spiro atoms. The van der Waals surface area contributed by atoms with E-state index in [0.29, 0.717) is 24.8 Å². The second-order valence-corrected chi connectivity index (χ2v) is 7.30. The zero-order valence-corrected chi connectivity index (χ0v) is 17.8. The lowest BCUT2D eigenvalue weighted by Crippen LogP contribution is -2.41. The molecule has 0 saturated carbocycles. The van der Waals surface area contributed by atoms with Gasteiger partial charge in [0.2, 0.25) is 0 Å². The van der Waals surface area contributed by atoms with Gasteiger partial charge in [-0.3, -0.25) is 4.98 Å². The van der Waals surface area contributed by atoms with Crippen LogP contribution in [0.25, 0.3) is 0 Å². The highest BCUT2D eigenvalue weighted by Gasteiger charge is 2.24. The number of hydrogen-bond acceptors (Lipinski definition) is 8. The van der Waals surface area contributed by atoms with E-state index in [2.05, 4.69) is 25.2 Å². The normalized spacial score (nSPS) is 15.8. The van der Waals surface area contributed by atoms with Gasteiger partial charge in [-0.1, -0.05) is 12.1 Å². The number of carbonyl (C=O) groups is 1. The molecule has 3 aromatic rings. The topological polar surface area (TPSA) is 110 Å². The van der Waals surface area contributed by atoms with E-state index >= 15 is 0 Å². The van der Waals surface area contributed by atoms with E-state index in [1.54, 1.807) is 18.5 Å². The van der Waals surface area contributed by atoms with Gasteiger partial charge in [0.1, 0.15) is 23.3 Å². The molecule has 1 fully saturated rings. The van der Waals surface area contributed by atoms with Gasteiger partial charge in [0.15, 0.2) is 17.3 Å². The lowest BCUT2D eigenvalue weighted by Gasteiger charge is -2.33. The summed E-state index contributed by atoms with van der Waals surface area (Å²) in [5.41, 5.74) is 0.0686. The second kappa shape index (κ2) is 9.95. The third-order valence-electron chi connectivity index (χ3n) is 5.05. The lowest BCUT2D eigenvalue weighted by atomic mass is 10.1. The number of anilines is 3. The Morgan fingerprint density at radius 3 is 2.88 bits per heavy atom. The Kier molecular flexibility index (Phi) is 6.64. The third-order valence-corrected chi connectivity index (χ3v) is 5.05. The van der Waals surface area contributed by atoms with Crippen LogP contribution >= 0.6 is 0 Å². The number of piperidine rings is 1. The van der Waals surface area contributed by atoms with Crippen molar-refractivity contribution in [1.29, 1.82) is 0 Å². The number of aromatic nitrogens is 3. The molecule has 1 aromatic carbocycles. The highest BCUT2D eigenvalue weighted by atomic mass is 16.5. The number of pyridine rings is 1. The molecule has 1 atom stereocenters. The number of aromatic carboxylic acids is 1. The summed E-state index contributed by atoms with van der Waals surface area (Å²) in [4.78, 5) is 26.6. The number of carboxylic acids is 1. The maximum Gasteiger partial charge on any atom is 0.339 e. The zero-order chi connectivity index (χ0) is 22.3. The number of carboxylic acid groups (broad SMARTS) is 1. The average molecular weight is 435 g/mol. The Morgan fingerprint density at radius 1 is 1.22 bits per heavy atom. The summed E-state index contributed by atoms with van der Waals surface area (Å²) >= 11 is 0. The second-order valence-electron chi connectivity index (χ2n) is 7.30. The Hall–Kier alpha value is -3.88. The minimum absolute atomic E-state index is 0.0156. The molecule has 3 heterocycles. The van der Waals surface area contributed by atoms with E-state index in [1.807, 2.05) is 31.2 Å². The first-order chi connectivity index (χ1) is 15.6. The van der Waals surface area contributed by atoms with Crippen LogP contribution in [0.5, 0.6) is 11.5 Å². The molecule has 9 heteroatoms. The Bertz CT molecular complexity index is 1080. The number of ether oxygens (including phenoxy) is 2. The molecule has 0 amide bonds. The van der Waals surface area contributed by atoms with Crippen LogP contribution in [0.1, 0.15) is 30.1 Å². The van der Waals surface area contributed by atoms with E-state index in [0.717, 1.165) is 30.9 Å². The van der Waals surface area contributed by atoms with Crippen LogP contribution in [0.15, 0.2) is 55.0 Å². The van der Waals surface area contributed by atoms with Crippen molar-refractivity contribution in [2.24, 2.45) is 0 Å². The van der Waals surface area contributed by atoms with Crippen LogP contribution in [-0.4, -0.2) is 51.8 Å². The molecule has 1 unspecified atom stereocenters. The summed E-state index contributed by atoms with van der Waals surface area (Å²) < 4.78 is 11.9. The monoisotopic (exact) mass is 435 g/mol. The summed E-state index contributed by atoms with van der Waals surface area (Å²) in [6.45, 7) is 4.01. The van der Waals surface area contributed by atoms with Crippen molar-refractivity contribution in [2.45, 2.75) is 25.9 Å². The summed E-state index contributed by atoms with van der Waals surface area (Å²) in [5, 5.41) is 12.3. The molecule has 4 rings (SSSR count). The smallest absolute Gasteiger partial charge is 0.339 e. The summed E-state index contributed by atoms with van der Waals surface area (Å²) in [6, 6.07) is 10.7. The molecule has 0 aliphatic carbocycles. The van der Waals surface area contributed by atoms with Crippen LogP contribution in [0.2, 0.25) is 0 Å². The first-order valence-electron chi connectivity index (χ1n) is 10.5. The molecule has 1 saturated heterocycles. The molecule has 2 aromatic heterocycles. The molecule has 1 aliphatic heterocycles. The number of benzene rings is 1. The van der Waals surface area contributed by atoms with Gasteiger partial charge in [-0.25, -0.2) is 14.8 Å². The van der Waals surface area contributed by atoms with Crippen LogP contribution in [-0.2, 0) is 0 Å². The fraction of sp³-hybridized carbons (Fsp3) is 0.304. The van der Waals surface area contributed by atoms with Crippen molar-refractivity contribution in [2.75, 3.05) is 29.9 Å². The maximum atomic E-state index is 11.4. The summed E-state index contributed by atoms with van der Waals surface area (Å²) in [7, 11) is 0. The minimum Gasteiger partial charge on any atom is -0.490 e. The van der Waals surface area contributed by atoms with Crippen molar-refractivity contribution in [3.8, 4) is 11.5 Å². The average Bonchev–Trinajstić information content (AvgIpc) is 2.81. The molecule has 1 aliphatic rings. The van der Waals surface area contributed by atoms with Crippen molar-refractivity contribution in [3.05, 3.63) is 60.6 Å². The van der Waals surface area contributed by atoms with Crippen LogP contribution in [0, 0.1) is 0 Å². The molecule has 0 bridgehead atoms. The fourth-order valence-electron chi connectivity index (χ4n) is 3.61. The van der Waals surface area contributed by atoms with Gasteiger partial charge in [-0.2, -0.15) is 0 Å². The van der Waals surface area contributed by atoms with E-state index < -0.39 is 5.97 Å². The van der Waals surface area contributed by atoms with Gasteiger partial charge in [-0.15, -0.1) is 0 Å². The fourth-order valence-corrected chi connectivity index (χ4v) is 3.61. The molecule has 32 heavy (non-hydrogen) atoms. The van der Waals surface area contributed by atoms with Gasteiger partial charge >= 0.3 is 5.97 Å². The lowest BCUT2D eigenvalue weighted by molar-refractivity contribution is 0.0697. The Morgan fingerprint density at radius 2 is 2.06 bits per heavy atom. The summed E-state index contributed by atoms with van der Waals surface area (Å²) in [5.74, 6) is 1.75. The predicted molar refractivity (Wildman–Crippen MR) is 120 cm³/mol. The largest absolute Gasteiger partial charge is 0.490 e. The first-order valence-corrected chi connectivity index (χ1v) is 10.5. The van der Waals surface area contributed by atoms with Crippen molar-refractivity contribution in [3.63, 3.8) is 0 Å². The van der Waals surface area contributed by atoms with Gasteiger partial charge < -0.3 is 24.8 Å². The number of rotatable bonds is 8. The molecule has 9 nitrogen and oxygen atoms in total. The van der Waals surface area contributed by atoms with Crippen LogP contribution in [0.3, 0.4) is 0 Å². The first kappa shape index (κ1) is 21.4. The zero-order valence-electron chi connectivity index (χ0n) is 17.8. The quantitative estimate of drug-likeness (QED) is 0.546. The highest BCUT2D eigenvalue weighted by Crippen LogP contribution is 2.30. The highest BCUT2D eigenvalue weighted by molar-refractivity contribution is 5.93. The molecule has 0 radical (unpaired) electrons. The number of para-hydroxylation sites is 2. The number of hydrogen-bond donors (Lipinski definition) is 2. The summed E-state index contributed by atoms with van der Waals surface area (Å²) in [6.07, 6.45) is 6.62. The van der Waals surface area contributed by atoms with Crippen molar-refractivity contribution >= 4 is 23.4 Å². The minimum atomic E-state index is -1.06. The maximum absolute atomic E-state index is 11.4. The number of nitrogens with zero attached hydrogens (tertiary/aromatic N) is 4. The van der Waals surface area contributed by atoms with Gasteiger partial charge in [0.05, 0.1) is 25.5 Å². The van der Waals surface area contributed by atoms with E-state index in [9.17, 15) is 9.90 Å². The molecule has 2 N–H and O–H groups in total. The van der Waals surface area contributed by atoms with Crippen LogP contribution in [0.4, 0.5) is 17.5 Å². The third kappa shape index (κ3) is 5.05. The standard InChI is InChI=1S/C23H25N5O4/c1-2-31-18-9-3-4-10-19(18)32-16-7-6-12-28(15-16)21-14-24-13-20(26-21)27-22-17(23(29)30)8-5-11-25-22/h3-5,8-11,13-14,16H,2,6-7,12,15H2,1H3,(H,29,30)(H,25,26,27). The van der Waals surface area contributed by atoms with Crippen molar-refractivity contribution in [1.82, 2.24) is 15.0 Å². The SMILES string of the molecule is CCOc1ccccc1OC1CCCN(c2cncc(Nc3ncccc3C(=O)O)n2)C1. The van der Waals surface area contributed by atoms with Crippen molar-refractivity contribution < 1.29 is 19.4 Å². The molecular weight excluding hydrogens is 410 g/mol. The van der Waals surface area contributed by atoms with E-state index in [4.69, 9.17) is 9.47 Å². The molecular formula is C23H25N5O4. The van der Waals surface area contributed by atoms with E-state index in [-0.39, 0.29) is 17.5 Å². The predicted octanol–water partition coefficient (Wildman–Crippen LogP) is 3.76. The Labute approximate surface area is 186 Å².